The molecule has 2 N–H and O–H groups in total. The van der Waals surface area contributed by atoms with E-state index < -0.39 is 0 Å². The monoisotopic (exact) mass is 333 g/mol. The summed E-state index contributed by atoms with van der Waals surface area (Å²) < 4.78 is 13.0. The van der Waals surface area contributed by atoms with E-state index >= 15 is 0 Å². The zero-order valence-corrected chi connectivity index (χ0v) is 13.8. The molecule has 0 aliphatic carbocycles. The summed E-state index contributed by atoms with van der Waals surface area (Å²) in [5, 5.41) is 0.786. The van der Waals surface area contributed by atoms with Gasteiger partial charge >= 0.3 is 0 Å². The van der Waals surface area contributed by atoms with Crippen LogP contribution in [0.5, 0.6) is 0 Å². The van der Waals surface area contributed by atoms with E-state index in [1.807, 2.05) is 24.3 Å². The van der Waals surface area contributed by atoms with Gasteiger partial charge in [0.15, 0.2) is 0 Å². The van der Waals surface area contributed by atoms with Crippen molar-refractivity contribution in [3.63, 3.8) is 0 Å². The maximum atomic E-state index is 13.0. The minimum Gasteiger partial charge on any atom is -0.369 e. The summed E-state index contributed by atoms with van der Waals surface area (Å²) in [5.74, 6) is -0.192. The number of nitrogens with two attached hydrogens (primary N) is 1. The van der Waals surface area contributed by atoms with Crippen molar-refractivity contribution in [2.45, 2.75) is 13.1 Å². The first kappa shape index (κ1) is 16.2. The molecule has 1 saturated heterocycles. The molecule has 3 nitrogen and oxygen atoms in total. The average Bonchev–Trinajstić information content (AvgIpc) is 2.58. The summed E-state index contributed by atoms with van der Waals surface area (Å²) in [5.41, 5.74) is 8.91. The van der Waals surface area contributed by atoms with E-state index in [1.54, 1.807) is 0 Å². The molecular formula is C18H21ClFN3. The number of halogens is 2. The fourth-order valence-corrected chi connectivity index (χ4v) is 3.17. The zero-order chi connectivity index (χ0) is 16.2. The van der Waals surface area contributed by atoms with Gasteiger partial charge in [0.1, 0.15) is 5.82 Å². The Labute approximate surface area is 141 Å². The van der Waals surface area contributed by atoms with Crippen LogP contribution in [-0.2, 0) is 13.1 Å². The van der Waals surface area contributed by atoms with Gasteiger partial charge in [0, 0.05) is 50.0 Å². The standard InChI is InChI=1S/C18H21ClFN3/c19-18-11-14(12-21)1-2-15(18)13-22-7-9-23(10-8-22)17-5-3-16(20)4-6-17/h1-6,11H,7-10,12-13,21H2. The highest BCUT2D eigenvalue weighted by Gasteiger charge is 2.18. The van der Waals surface area contributed by atoms with Crippen LogP contribution < -0.4 is 10.6 Å². The fourth-order valence-electron chi connectivity index (χ4n) is 2.90. The first-order valence-electron chi connectivity index (χ1n) is 7.86. The molecule has 23 heavy (non-hydrogen) atoms. The number of rotatable bonds is 4. The van der Waals surface area contributed by atoms with Gasteiger partial charge in [0.25, 0.3) is 0 Å². The highest BCUT2D eigenvalue weighted by molar-refractivity contribution is 6.31. The lowest BCUT2D eigenvalue weighted by molar-refractivity contribution is 0.250. The van der Waals surface area contributed by atoms with Crippen molar-refractivity contribution in [2.24, 2.45) is 5.73 Å². The largest absolute Gasteiger partial charge is 0.369 e. The molecular weight excluding hydrogens is 313 g/mol. The third kappa shape index (κ3) is 4.02. The molecule has 0 aromatic heterocycles. The maximum Gasteiger partial charge on any atom is 0.123 e. The van der Waals surface area contributed by atoms with E-state index in [0.29, 0.717) is 6.54 Å². The lowest BCUT2D eigenvalue weighted by atomic mass is 10.1. The topological polar surface area (TPSA) is 32.5 Å². The Bertz CT molecular complexity index is 652. The highest BCUT2D eigenvalue weighted by atomic mass is 35.5. The molecule has 122 valence electrons. The van der Waals surface area contributed by atoms with Crippen molar-refractivity contribution in [1.29, 1.82) is 0 Å². The maximum absolute atomic E-state index is 13.0. The molecule has 0 saturated carbocycles. The van der Waals surface area contributed by atoms with E-state index in [4.69, 9.17) is 17.3 Å². The Kier molecular flexibility index (Phi) is 5.16. The molecule has 1 heterocycles. The van der Waals surface area contributed by atoms with Crippen molar-refractivity contribution in [1.82, 2.24) is 4.90 Å². The van der Waals surface area contributed by atoms with Gasteiger partial charge in [-0.1, -0.05) is 23.7 Å². The lowest BCUT2D eigenvalue weighted by Gasteiger charge is -2.36. The number of nitrogens with zero attached hydrogens (tertiary/aromatic N) is 2. The smallest absolute Gasteiger partial charge is 0.123 e. The quantitative estimate of drug-likeness (QED) is 0.932. The zero-order valence-electron chi connectivity index (χ0n) is 13.0. The van der Waals surface area contributed by atoms with Crippen LogP contribution in [0.25, 0.3) is 0 Å². The van der Waals surface area contributed by atoms with Crippen LogP contribution >= 0.6 is 11.6 Å². The normalized spacial score (nSPS) is 15.9. The van der Waals surface area contributed by atoms with Gasteiger partial charge in [-0.05, 0) is 41.5 Å². The minimum atomic E-state index is -0.192. The van der Waals surface area contributed by atoms with Crippen molar-refractivity contribution in [3.8, 4) is 0 Å². The Morgan fingerprint density at radius 2 is 1.70 bits per heavy atom. The predicted molar refractivity (Wildman–Crippen MR) is 93.2 cm³/mol. The van der Waals surface area contributed by atoms with Gasteiger partial charge in [0.2, 0.25) is 0 Å². The molecule has 2 aromatic rings. The second kappa shape index (κ2) is 7.30. The van der Waals surface area contributed by atoms with Gasteiger partial charge < -0.3 is 10.6 Å². The molecule has 0 bridgehead atoms. The molecule has 0 radical (unpaired) electrons. The summed E-state index contributed by atoms with van der Waals surface area (Å²) in [7, 11) is 0. The Balaban J connectivity index is 1.58. The van der Waals surface area contributed by atoms with E-state index in [-0.39, 0.29) is 5.82 Å². The number of anilines is 1. The molecule has 5 heteroatoms. The van der Waals surface area contributed by atoms with Gasteiger partial charge in [-0.3, -0.25) is 4.90 Å². The number of hydrogen-bond donors (Lipinski definition) is 1. The number of piperazine rings is 1. The Hall–Kier alpha value is -1.62. The molecule has 2 aromatic carbocycles. The van der Waals surface area contributed by atoms with Crippen molar-refractivity contribution in [3.05, 3.63) is 64.4 Å². The van der Waals surface area contributed by atoms with Gasteiger partial charge in [-0.25, -0.2) is 4.39 Å². The van der Waals surface area contributed by atoms with Crippen molar-refractivity contribution >= 4 is 17.3 Å². The molecule has 1 aliphatic heterocycles. The van der Waals surface area contributed by atoms with Crippen LogP contribution in [0.4, 0.5) is 10.1 Å². The molecule has 1 fully saturated rings. The van der Waals surface area contributed by atoms with E-state index in [0.717, 1.165) is 54.6 Å². The summed E-state index contributed by atoms with van der Waals surface area (Å²) in [6.07, 6.45) is 0. The predicted octanol–water partition coefficient (Wildman–Crippen LogP) is 3.26. The van der Waals surface area contributed by atoms with Crippen LogP contribution in [0.3, 0.4) is 0 Å². The van der Waals surface area contributed by atoms with Crippen molar-refractivity contribution < 1.29 is 4.39 Å². The van der Waals surface area contributed by atoms with Gasteiger partial charge in [-0.2, -0.15) is 0 Å². The second-order valence-corrected chi connectivity index (χ2v) is 6.28. The highest BCUT2D eigenvalue weighted by Crippen LogP contribution is 2.22. The fraction of sp³-hybridized carbons (Fsp3) is 0.333. The molecule has 3 rings (SSSR count). The van der Waals surface area contributed by atoms with E-state index in [2.05, 4.69) is 15.9 Å². The first-order chi connectivity index (χ1) is 11.2. The Morgan fingerprint density at radius 1 is 1.00 bits per heavy atom. The first-order valence-corrected chi connectivity index (χ1v) is 8.24. The third-order valence-corrected chi connectivity index (χ3v) is 4.66. The SMILES string of the molecule is NCc1ccc(CN2CCN(c3ccc(F)cc3)CC2)c(Cl)c1. The van der Waals surface area contributed by atoms with Crippen molar-refractivity contribution in [2.75, 3.05) is 31.1 Å². The number of benzene rings is 2. The number of hydrogen-bond acceptors (Lipinski definition) is 3. The minimum absolute atomic E-state index is 0.192. The van der Waals surface area contributed by atoms with Crippen LogP contribution in [0, 0.1) is 5.82 Å². The van der Waals surface area contributed by atoms with Gasteiger partial charge in [0.05, 0.1) is 0 Å². The molecule has 0 amide bonds. The molecule has 0 atom stereocenters. The lowest BCUT2D eigenvalue weighted by Crippen LogP contribution is -2.46. The van der Waals surface area contributed by atoms with Crippen LogP contribution in [-0.4, -0.2) is 31.1 Å². The summed E-state index contributed by atoms with van der Waals surface area (Å²) in [6.45, 7) is 5.16. The molecule has 1 aliphatic rings. The Morgan fingerprint density at radius 3 is 2.30 bits per heavy atom. The summed E-state index contributed by atoms with van der Waals surface area (Å²) in [4.78, 5) is 4.68. The summed E-state index contributed by atoms with van der Waals surface area (Å²) >= 11 is 6.34. The van der Waals surface area contributed by atoms with E-state index in [9.17, 15) is 4.39 Å². The molecule has 0 unspecified atom stereocenters. The summed E-state index contributed by atoms with van der Waals surface area (Å²) in [6, 6.07) is 12.8. The van der Waals surface area contributed by atoms with Crippen LogP contribution in [0.2, 0.25) is 5.02 Å². The van der Waals surface area contributed by atoms with Crippen LogP contribution in [0.1, 0.15) is 11.1 Å². The third-order valence-electron chi connectivity index (χ3n) is 4.31. The van der Waals surface area contributed by atoms with E-state index in [1.165, 1.54) is 12.1 Å². The van der Waals surface area contributed by atoms with Gasteiger partial charge in [-0.15, -0.1) is 0 Å². The molecule has 0 spiro atoms. The van der Waals surface area contributed by atoms with Crippen LogP contribution in [0.15, 0.2) is 42.5 Å². The second-order valence-electron chi connectivity index (χ2n) is 5.87. The average molecular weight is 334 g/mol.